The number of nitrogens with zero attached hydrogens (tertiary/aromatic N) is 1. The summed E-state index contributed by atoms with van der Waals surface area (Å²) >= 11 is 0. The Kier molecular flexibility index (Phi) is 4.79. The summed E-state index contributed by atoms with van der Waals surface area (Å²) in [6, 6.07) is 10.1. The summed E-state index contributed by atoms with van der Waals surface area (Å²) in [5.74, 6) is 0.902. The van der Waals surface area contributed by atoms with Crippen LogP contribution in [-0.2, 0) is 4.74 Å². The lowest BCUT2D eigenvalue weighted by molar-refractivity contribution is 0.00824. The van der Waals surface area contributed by atoms with Gasteiger partial charge in [0.05, 0.1) is 19.3 Å². The van der Waals surface area contributed by atoms with Crippen molar-refractivity contribution in [1.82, 2.24) is 4.90 Å². The van der Waals surface area contributed by atoms with Crippen LogP contribution in [0.15, 0.2) is 30.3 Å². The zero-order valence-electron chi connectivity index (χ0n) is 10.0. The molecule has 1 atom stereocenters. The highest BCUT2D eigenvalue weighted by molar-refractivity contribution is 5.20. The SMILES string of the molecule is NC[C@H](COc1ccccc1)N1CCOCC1. The Morgan fingerprint density at radius 3 is 2.59 bits per heavy atom. The van der Waals surface area contributed by atoms with Crippen molar-refractivity contribution in [3.63, 3.8) is 0 Å². The standard InChI is InChI=1S/C13H20N2O2/c14-10-12(15-6-8-16-9-7-15)11-17-13-4-2-1-3-5-13/h1-5,12H,6-11,14H2/t12-/m1/s1. The molecular weight excluding hydrogens is 216 g/mol. The van der Waals surface area contributed by atoms with Crippen LogP contribution in [0.3, 0.4) is 0 Å². The van der Waals surface area contributed by atoms with Gasteiger partial charge in [0.2, 0.25) is 0 Å². The summed E-state index contributed by atoms with van der Waals surface area (Å²) in [5.41, 5.74) is 5.81. The number of hydrogen-bond acceptors (Lipinski definition) is 4. The molecule has 1 saturated heterocycles. The van der Waals surface area contributed by atoms with Gasteiger partial charge in [-0.3, -0.25) is 4.90 Å². The maximum Gasteiger partial charge on any atom is 0.119 e. The lowest BCUT2D eigenvalue weighted by atomic mass is 10.2. The minimum absolute atomic E-state index is 0.277. The van der Waals surface area contributed by atoms with Crippen molar-refractivity contribution in [1.29, 1.82) is 0 Å². The zero-order chi connectivity index (χ0) is 11.9. The first-order chi connectivity index (χ1) is 8.40. The van der Waals surface area contributed by atoms with E-state index in [2.05, 4.69) is 4.90 Å². The first-order valence-electron chi connectivity index (χ1n) is 6.10. The summed E-state index contributed by atoms with van der Waals surface area (Å²) in [4.78, 5) is 2.34. The van der Waals surface area contributed by atoms with E-state index in [1.54, 1.807) is 0 Å². The largest absolute Gasteiger partial charge is 0.492 e. The van der Waals surface area contributed by atoms with Crippen LogP contribution in [-0.4, -0.2) is 50.4 Å². The fourth-order valence-corrected chi connectivity index (χ4v) is 1.97. The highest BCUT2D eigenvalue weighted by Crippen LogP contribution is 2.10. The molecule has 0 aliphatic carbocycles. The van der Waals surface area contributed by atoms with E-state index in [1.807, 2.05) is 30.3 Å². The zero-order valence-corrected chi connectivity index (χ0v) is 10.0. The van der Waals surface area contributed by atoms with Crippen molar-refractivity contribution in [2.24, 2.45) is 5.73 Å². The van der Waals surface area contributed by atoms with Gasteiger partial charge in [0.1, 0.15) is 12.4 Å². The Balaban J connectivity index is 1.82. The Morgan fingerprint density at radius 1 is 1.24 bits per heavy atom. The van der Waals surface area contributed by atoms with E-state index in [-0.39, 0.29) is 6.04 Å². The third-order valence-corrected chi connectivity index (χ3v) is 3.02. The molecule has 0 amide bonds. The number of benzene rings is 1. The van der Waals surface area contributed by atoms with Gasteiger partial charge in [-0.2, -0.15) is 0 Å². The van der Waals surface area contributed by atoms with Gasteiger partial charge in [-0.1, -0.05) is 18.2 Å². The van der Waals surface area contributed by atoms with Gasteiger partial charge in [0.15, 0.2) is 0 Å². The monoisotopic (exact) mass is 236 g/mol. The molecule has 0 bridgehead atoms. The summed E-state index contributed by atoms with van der Waals surface area (Å²) in [5, 5.41) is 0. The van der Waals surface area contributed by atoms with Gasteiger partial charge < -0.3 is 15.2 Å². The molecule has 1 aromatic rings. The number of para-hydroxylation sites is 1. The maximum atomic E-state index is 5.81. The van der Waals surface area contributed by atoms with E-state index in [4.69, 9.17) is 15.2 Å². The number of morpholine rings is 1. The molecule has 2 N–H and O–H groups in total. The number of ether oxygens (including phenoxy) is 2. The lowest BCUT2D eigenvalue weighted by Gasteiger charge is -2.33. The van der Waals surface area contributed by atoms with E-state index in [9.17, 15) is 0 Å². The molecule has 1 fully saturated rings. The van der Waals surface area contributed by atoms with Gasteiger partial charge in [-0.15, -0.1) is 0 Å². The second-order valence-electron chi connectivity index (χ2n) is 4.16. The molecule has 1 aliphatic rings. The van der Waals surface area contributed by atoms with Crippen LogP contribution in [0.1, 0.15) is 0 Å². The van der Waals surface area contributed by atoms with Crippen LogP contribution in [0.4, 0.5) is 0 Å². The first-order valence-corrected chi connectivity index (χ1v) is 6.10. The second kappa shape index (κ2) is 6.59. The van der Waals surface area contributed by atoms with Gasteiger partial charge in [-0.25, -0.2) is 0 Å². The van der Waals surface area contributed by atoms with Crippen molar-refractivity contribution in [3.05, 3.63) is 30.3 Å². The molecule has 0 unspecified atom stereocenters. The second-order valence-corrected chi connectivity index (χ2v) is 4.16. The summed E-state index contributed by atoms with van der Waals surface area (Å²) in [6.45, 7) is 4.73. The molecule has 1 heterocycles. The maximum absolute atomic E-state index is 5.81. The molecule has 17 heavy (non-hydrogen) atoms. The smallest absolute Gasteiger partial charge is 0.119 e. The Bertz CT molecular complexity index is 312. The Morgan fingerprint density at radius 2 is 1.94 bits per heavy atom. The highest BCUT2D eigenvalue weighted by Gasteiger charge is 2.20. The van der Waals surface area contributed by atoms with E-state index in [0.29, 0.717) is 13.2 Å². The fraction of sp³-hybridized carbons (Fsp3) is 0.538. The minimum atomic E-state index is 0.277. The normalized spacial score (nSPS) is 18.9. The molecule has 94 valence electrons. The lowest BCUT2D eigenvalue weighted by Crippen LogP contribution is -2.49. The van der Waals surface area contributed by atoms with Crippen LogP contribution in [0.2, 0.25) is 0 Å². The van der Waals surface area contributed by atoms with Gasteiger partial charge in [0, 0.05) is 19.6 Å². The van der Waals surface area contributed by atoms with Crippen LogP contribution in [0.25, 0.3) is 0 Å². The van der Waals surface area contributed by atoms with E-state index < -0.39 is 0 Å². The number of rotatable bonds is 5. The van der Waals surface area contributed by atoms with Crippen LogP contribution in [0, 0.1) is 0 Å². The van der Waals surface area contributed by atoms with Crippen molar-refractivity contribution < 1.29 is 9.47 Å². The fourth-order valence-electron chi connectivity index (χ4n) is 1.97. The van der Waals surface area contributed by atoms with Crippen molar-refractivity contribution in [2.45, 2.75) is 6.04 Å². The summed E-state index contributed by atoms with van der Waals surface area (Å²) in [7, 11) is 0. The molecular formula is C13H20N2O2. The van der Waals surface area contributed by atoms with Gasteiger partial charge >= 0.3 is 0 Å². The predicted molar refractivity (Wildman–Crippen MR) is 67.2 cm³/mol. The molecule has 1 aromatic carbocycles. The van der Waals surface area contributed by atoms with Gasteiger partial charge in [-0.05, 0) is 12.1 Å². The summed E-state index contributed by atoms with van der Waals surface area (Å²) in [6.07, 6.45) is 0. The van der Waals surface area contributed by atoms with Crippen molar-refractivity contribution >= 4 is 0 Å². The van der Waals surface area contributed by atoms with Gasteiger partial charge in [0.25, 0.3) is 0 Å². The van der Waals surface area contributed by atoms with Crippen molar-refractivity contribution in [3.8, 4) is 5.75 Å². The predicted octanol–water partition coefficient (Wildman–Crippen LogP) is 0.725. The molecule has 4 heteroatoms. The quantitative estimate of drug-likeness (QED) is 0.818. The van der Waals surface area contributed by atoms with E-state index in [0.717, 1.165) is 32.1 Å². The van der Waals surface area contributed by atoms with E-state index >= 15 is 0 Å². The third-order valence-electron chi connectivity index (χ3n) is 3.02. The van der Waals surface area contributed by atoms with Crippen LogP contribution in [0.5, 0.6) is 5.75 Å². The molecule has 4 nitrogen and oxygen atoms in total. The first kappa shape index (κ1) is 12.4. The molecule has 0 radical (unpaired) electrons. The van der Waals surface area contributed by atoms with E-state index in [1.165, 1.54) is 0 Å². The van der Waals surface area contributed by atoms with Crippen LogP contribution >= 0.6 is 0 Å². The minimum Gasteiger partial charge on any atom is -0.492 e. The molecule has 1 aliphatic heterocycles. The summed E-state index contributed by atoms with van der Waals surface area (Å²) < 4.78 is 11.1. The molecule has 2 rings (SSSR count). The van der Waals surface area contributed by atoms with Crippen molar-refractivity contribution in [2.75, 3.05) is 39.5 Å². The highest BCUT2D eigenvalue weighted by atomic mass is 16.5. The number of hydrogen-bond donors (Lipinski definition) is 1. The van der Waals surface area contributed by atoms with Crippen LogP contribution < -0.4 is 10.5 Å². The average Bonchev–Trinajstić information content (AvgIpc) is 2.42. The third kappa shape index (κ3) is 3.70. The topological polar surface area (TPSA) is 47.7 Å². The molecule has 0 spiro atoms. The Labute approximate surface area is 102 Å². The number of nitrogens with two attached hydrogens (primary N) is 1. The molecule has 0 saturated carbocycles. The molecule has 0 aromatic heterocycles. The average molecular weight is 236 g/mol. The Hall–Kier alpha value is -1.10.